The van der Waals surface area contributed by atoms with E-state index < -0.39 is 9.84 Å². The van der Waals surface area contributed by atoms with E-state index in [9.17, 15) is 26.8 Å². The monoisotopic (exact) mass is 848 g/mol. The predicted octanol–water partition coefficient (Wildman–Crippen LogP) is 7.10. The number of imidazole rings is 2. The molecule has 0 fully saturated rings. The van der Waals surface area contributed by atoms with E-state index in [1.807, 2.05) is 22.7 Å². The molecule has 0 spiro atoms. The number of fused-ring (bicyclic) bond motifs is 2. The van der Waals surface area contributed by atoms with Crippen LogP contribution in [-0.4, -0.2) is 55.2 Å². The second kappa shape index (κ2) is 16.6. The van der Waals surface area contributed by atoms with Gasteiger partial charge in [-0.25, -0.2) is 37.1 Å². The molecule has 8 rings (SSSR count). The molecule has 0 radical (unpaired) electrons. The van der Waals surface area contributed by atoms with Crippen molar-refractivity contribution in [2.45, 2.75) is 18.1 Å². The zero-order chi connectivity index (χ0) is 40.1. The highest BCUT2D eigenvalue weighted by atomic mass is 79.9. The van der Waals surface area contributed by atoms with Crippen molar-refractivity contribution in [1.82, 2.24) is 39.4 Å². The third-order valence-electron chi connectivity index (χ3n) is 8.71. The second-order valence-corrected chi connectivity index (χ2v) is 15.4. The molecule has 0 aliphatic heterocycles. The molecule has 0 unspecified atom stereocenters. The number of carbonyl (C=O) groups excluding carboxylic acids is 2. The summed E-state index contributed by atoms with van der Waals surface area (Å²) in [5.74, 6) is 0.102. The van der Waals surface area contributed by atoms with Gasteiger partial charge in [0.1, 0.15) is 27.9 Å². The lowest BCUT2D eigenvalue weighted by Gasteiger charge is -2.08. The molecule has 286 valence electrons. The molecule has 2 amide bonds. The van der Waals surface area contributed by atoms with Gasteiger partial charge < -0.3 is 10.6 Å². The highest BCUT2D eigenvalue weighted by Gasteiger charge is 2.16. The van der Waals surface area contributed by atoms with Crippen LogP contribution >= 0.6 is 15.9 Å². The number of pyridine rings is 4. The number of halogens is 3. The summed E-state index contributed by atoms with van der Waals surface area (Å²) in [5, 5.41) is 5.68. The third kappa shape index (κ3) is 8.92. The maximum absolute atomic E-state index is 13.2. The van der Waals surface area contributed by atoms with Crippen LogP contribution in [0.25, 0.3) is 33.8 Å². The Hall–Kier alpha value is -6.65. The molecule has 57 heavy (non-hydrogen) atoms. The normalized spacial score (nSPS) is 11.2. The lowest BCUT2D eigenvalue weighted by atomic mass is 10.2. The van der Waals surface area contributed by atoms with E-state index >= 15 is 0 Å². The van der Waals surface area contributed by atoms with E-state index in [2.05, 4.69) is 46.5 Å². The summed E-state index contributed by atoms with van der Waals surface area (Å²) in [6.07, 6.45) is 11.1. The maximum atomic E-state index is 13.2. The summed E-state index contributed by atoms with van der Waals surface area (Å²) in [6.45, 7) is 0.564. The highest BCUT2D eigenvalue weighted by molar-refractivity contribution is 9.10. The molecular weight excluding hydrogens is 818 g/mol. The van der Waals surface area contributed by atoms with Gasteiger partial charge in [0.25, 0.3) is 11.8 Å². The van der Waals surface area contributed by atoms with Crippen molar-refractivity contribution in [3.63, 3.8) is 0 Å². The first-order valence-electron chi connectivity index (χ1n) is 17.2. The van der Waals surface area contributed by atoms with Gasteiger partial charge in [-0.15, -0.1) is 0 Å². The van der Waals surface area contributed by atoms with Crippen molar-refractivity contribution >= 4 is 48.6 Å². The first-order valence-corrected chi connectivity index (χ1v) is 19.9. The Kier molecular flexibility index (Phi) is 11.3. The fourth-order valence-corrected chi connectivity index (χ4v) is 6.65. The van der Waals surface area contributed by atoms with Gasteiger partial charge in [0, 0.05) is 55.3 Å². The molecule has 6 aromatic heterocycles. The quantitative estimate of drug-likeness (QED) is 0.146. The summed E-state index contributed by atoms with van der Waals surface area (Å²) >= 11 is 3.29. The second-order valence-electron chi connectivity index (χ2n) is 12.7. The van der Waals surface area contributed by atoms with Crippen molar-refractivity contribution < 1.29 is 26.8 Å². The molecule has 8 aromatic rings. The molecule has 16 heteroatoms. The number of carbonyl (C=O) groups is 2. The van der Waals surface area contributed by atoms with Crippen LogP contribution < -0.4 is 10.6 Å². The number of hydrogen-bond acceptors (Lipinski definition) is 8. The zero-order valence-corrected chi connectivity index (χ0v) is 32.4. The number of amides is 2. The van der Waals surface area contributed by atoms with Gasteiger partial charge in [-0.1, -0.05) is 12.1 Å². The molecule has 0 bridgehead atoms. The Morgan fingerprint density at radius 3 is 1.47 bits per heavy atom. The van der Waals surface area contributed by atoms with Gasteiger partial charge in [0.15, 0.2) is 14.9 Å². The molecule has 0 aliphatic carbocycles. The fourth-order valence-electron chi connectivity index (χ4n) is 5.85. The van der Waals surface area contributed by atoms with Crippen LogP contribution in [0.4, 0.5) is 8.78 Å². The van der Waals surface area contributed by atoms with Gasteiger partial charge in [0.05, 0.1) is 34.6 Å². The first-order chi connectivity index (χ1) is 27.4. The molecular formula is C41H31BrF2N8O4S. The lowest BCUT2D eigenvalue weighted by molar-refractivity contribution is 0.0944. The summed E-state index contributed by atoms with van der Waals surface area (Å²) in [6, 6.07) is 25.8. The van der Waals surface area contributed by atoms with Gasteiger partial charge in [-0.05, 0) is 112 Å². The molecule has 2 N–H and O–H groups in total. The van der Waals surface area contributed by atoms with Crippen LogP contribution in [0.2, 0.25) is 0 Å². The maximum Gasteiger partial charge on any atom is 0.253 e. The number of nitrogens with zero attached hydrogens (tertiary/aromatic N) is 6. The molecule has 2 aromatic carbocycles. The Morgan fingerprint density at radius 2 is 1.07 bits per heavy atom. The molecule has 0 saturated carbocycles. The van der Waals surface area contributed by atoms with Crippen LogP contribution in [0, 0.1) is 11.6 Å². The predicted molar refractivity (Wildman–Crippen MR) is 213 cm³/mol. The Bertz CT molecular complexity index is 2830. The van der Waals surface area contributed by atoms with Gasteiger partial charge in [0.2, 0.25) is 0 Å². The minimum absolute atomic E-state index is 0.0186. The standard InChI is InChI=1S/C21H17FN4O3S.C20H14BrFN4O/c1-30(28,29)19-9-4-14(11-23-19)12-25-21(27)17-3-2-10-26-18(17)13-24-20(26)15-5-7-16(22)8-6-15;21-18-8-3-13(10-23-18)11-25-20(27)16-2-1-9-26-17(16)12-24-19(26)14-4-6-15(22)7-5-14/h2-11,13H,12H2,1H3,(H,25,27);1-10,12H,11H2,(H,25,27). The van der Waals surface area contributed by atoms with Crippen molar-refractivity contribution in [3.8, 4) is 22.8 Å². The molecule has 12 nitrogen and oxygen atoms in total. The van der Waals surface area contributed by atoms with Crippen LogP contribution in [0.5, 0.6) is 0 Å². The van der Waals surface area contributed by atoms with Gasteiger partial charge in [-0.3, -0.25) is 18.4 Å². The van der Waals surface area contributed by atoms with Gasteiger partial charge >= 0.3 is 0 Å². The van der Waals surface area contributed by atoms with Crippen molar-refractivity contribution in [2.24, 2.45) is 0 Å². The smallest absolute Gasteiger partial charge is 0.253 e. The number of hydrogen-bond donors (Lipinski definition) is 2. The van der Waals surface area contributed by atoms with E-state index in [0.29, 0.717) is 45.9 Å². The first kappa shape index (κ1) is 38.6. The van der Waals surface area contributed by atoms with E-state index in [-0.39, 0.29) is 35.0 Å². The highest BCUT2D eigenvalue weighted by Crippen LogP contribution is 2.24. The molecule has 6 heterocycles. The van der Waals surface area contributed by atoms with Crippen molar-refractivity contribution in [3.05, 3.63) is 173 Å². The summed E-state index contributed by atoms with van der Waals surface area (Å²) in [5.41, 5.74) is 5.31. The minimum atomic E-state index is -3.37. The van der Waals surface area contributed by atoms with Crippen molar-refractivity contribution in [1.29, 1.82) is 0 Å². The number of nitrogens with one attached hydrogen (secondary N) is 2. The van der Waals surface area contributed by atoms with E-state index in [1.54, 1.807) is 83.8 Å². The van der Waals surface area contributed by atoms with E-state index in [0.717, 1.165) is 27.5 Å². The molecule has 0 aliphatic rings. The fraction of sp³-hybridized carbons (Fsp3) is 0.0732. The number of aromatic nitrogens is 6. The Balaban J connectivity index is 0.000000175. The third-order valence-corrected chi connectivity index (χ3v) is 10.2. The van der Waals surface area contributed by atoms with Crippen LogP contribution in [-0.2, 0) is 22.9 Å². The van der Waals surface area contributed by atoms with E-state index in [4.69, 9.17) is 0 Å². The SMILES string of the molecule is CS(=O)(=O)c1ccc(CNC(=O)c2cccn3c(-c4ccc(F)cc4)ncc23)cn1.O=C(NCc1ccc(Br)nc1)c1cccn2c(-c3ccc(F)cc3)ncc12. The van der Waals surface area contributed by atoms with Crippen LogP contribution in [0.15, 0.2) is 144 Å². The largest absolute Gasteiger partial charge is 0.348 e. The molecule has 0 saturated heterocycles. The molecule has 0 atom stereocenters. The summed E-state index contributed by atoms with van der Waals surface area (Å²) in [4.78, 5) is 42.2. The van der Waals surface area contributed by atoms with E-state index in [1.165, 1.54) is 36.5 Å². The van der Waals surface area contributed by atoms with Gasteiger partial charge in [-0.2, -0.15) is 0 Å². The average Bonchev–Trinajstić information content (AvgIpc) is 3.86. The van der Waals surface area contributed by atoms with Crippen molar-refractivity contribution in [2.75, 3.05) is 6.26 Å². The average molecular weight is 850 g/mol. The van der Waals surface area contributed by atoms with Crippen LogP contribution in [0.1, 0.15) is 31.8 Å². The lowest BCUT2D eigenvalue weighted by Crippen LogP contribution is -2.23. The number of sulfone groups is 1. The summed E-state index contributed by atoms with van der Waals surface area (Å²) in [7, 11) is -3.37. The minimum Gasteiger partial charge on any atom is -0.348 e. The van der Waals surface area contributed by atoms with Crippen LogP contribution in [0.3, 0.4) is 0 Å². The summed E-state index contributed by atoms with van der Waals surface area (Å²) < 4.78 is 53.7. The zero-order valence-electron chi connectivity index (χ0n) is 30.0. The number of benzene rings is 2. The Morgan fingerprint density at radius 1 is 0.614 bits per heavy atom. The Labute approximate surface area is 333 Å². The topological polar surface area (TPSA) is 153 Å². The number of rotatable bonds is 9.